The van der Waals surface area contributed by atoms with Crippen LogP contribution >= 0.6 is 11.6 Å². The van der Waals surface area contributed by atoms with Crippen LogP contribution in [0.25, 0.3) is 10.9 Å². The van der Waals surface area contributed by atoms with Crippen LogP contribution in [0.1, 0.15) is 38.3 Å². The highest BCUT2D eigenvalue weighted by Crippen LogP contribution is 2.60. The van der Waals surface area contributed by atoms with E-state index in [2.05, 4.69) is 4.98 Å². The van der Waals surface area contributed by atoms with E-state index < -0.39 is 45.3 Å². The summed E-state index contributed by atoms with van der Waals surface area (Å²) in [5.74, 6) is -0.685. The van der Waals surface area contributed by atoms with E-state index in [-0.39, 0.29) is 11.3 Å². The fourth-order valence-electron chi connectivity index (χ4n) is 6.38. The second-order valence-corrected chi connectivity index (χ2v) is 13.7. The highest BCUT2D eigenvalue weighted by Gasteiger charge is 2.68. The van der Waals surface area contributed by atoms with Gasteiger partial charge in [-0.1, -0.05) is 54.1 Å². The molecule has 1 N–H and O–H groups in total. The predicted octanol–water partition coefficient (Wildman–Crippen LogP) is 5.82. The Balaban J connectivity index is 1.71. The maximum atomic E-state index is 14.6. The average Bonchev–Trinajstić information content (AvgIpc) is 3.61. The number of carbonyl (C=O) groups excluding carboxylic acids is 2. The Bertz CT molecular complexity index is 1820. The van der Waals surface area contributed by atoms with Gasteiger partial charge >= 0.3 is 12.1 Å². The lowest BCUT2D eigenvalue weighted by Gasteiger charge is -2.38. The number of aromatic amines is 1. The first-order valence-corrected chi connectivity index (χ1v) is 15.3. The maximum absolute atomic E-state index is 14.6. The van der Waals surface area contributed by atoms with Gasteiger partial charge in [0, 0.05) is 17.1 Å². The number of hydrogen-bond acceptors (Lipinski definition) is 6. The number of nitrogens with zero attached hydrogens (tertiary/aromatic N) is 2. The smallest absolute Gasteiger partial charge is 0.412 e. The van der Waals surface area contributed by atoms with E-state index in [0.29, 0.717) is 27.2 Å². The van der Waals surface area contributed by atoms with Crippen LogP contribution in [0.4, 0.5) is 10.5 Å². The summed E-state index contributed by atoms with van der Waals surface area (Å²) in [5.41, 5.74) is 0.267. The van der Waals surface area contributed by atoms with Crippen molar-refractivity contribution in [1.82, 2.24) is 9.88 Å². The molecule has 9 nitrogen and oxygen atoms in total. The van der Waals surface area contributed by atoms with Crippen molar-refractivity contribution >= 4 is 50.3 Å². The van der Waals surface area contributed by atoms with Crippen LogP contribution in [0.5, 0.6) is 0 Å². The fraction of sp³-hybridized carbons (Fsp3) is 0.290. The molecule has 0 saturated carbocycles. The fourth-order valence-corrected chi connectivity index (χ4v) is 8.35. The van der Waals surface area contributed by atoms with Gasteiger partial charge < -0.3 is 14.5 Å². The quantitative estimate of drug-likeness (QED) is 0.293. The minimum absolute atomic E-state index is 0.0274. The Hall–Kier alpha value is -4.02. The second-order valence-electron chi connectivity index (χ2n) is 11.5. The lowest BCUT2D eigenvalue weighted by atomic mass is 9.72. The van der Waals surface area contributed by atoms with E-state index in [1.165, 1.54) is 28.4 Å². The van der Waals surface area contributed by atoms with Crippen molar-refractivity contribution in [3.63, 3.8) is 0 Å². The average molecular weight is 608 g/mol. The van der Waals surface area contributed by atoms with Crippen LogP contribution in [0.3, 0.4) is 0 Å². The Kier molecular flexibility index (Phi) is 6.54. The van der Waals surface area contributed by atoms with Crippen molar-refractivity contribution < 1.29 is 27.5 Å². The highest BCUT2D eigenvalue weighted by atomic mass is 35.5. The molecule has 6 rings (SSSR count). The number of benzene rings is 3. The zero-order valence-electron chi connectivity index (χ0n) is 23.5. The zero-order chi connectivity index (χ0) is 30.0. The van der Waals surface area contributed by atoms with Crippen LogP contribution in [-0.4, -0.2) is 55.3 Å². The van der Waals surface area contributed by atoms with E-state index in [4.69, 9.17) is 21.1 Å². The zero-order valence-corrected chi connectivity index (χ0v) is 25.1. The highest BCUT2D eigenvalue weighted by molar-refractivity contribution is 7.92. The molecule has 0 bridgehead atoms. The van der Waals surface area contributed by atoms with Gasteiger partial charge in [0.05, 0.1) is 28.1 Å². The number of likely N-dealkylation sites (tertiary alicyclic amines) is 1. The van der Waals surface area contributed by atoms with Crippen LogP contribution in [0, 0.1) is 0 Å². The number of para-hydroxylation sites is 1. The first-order valence-electron chi connectivity index (χ1n) is 13.5. The Labute approximate surface area is 249 Å². The van der Waals surface area contributed by atoms with Gasteiger partial charge in [0.2, 0.25) is 0 Å². The predicted molar refractivity (Wildman–Crippen MR) is 159 cm³/mol. The van der Waals surface area contributed by atoms with Crippen LogP contribution in [-0.2, 0) is 29.7 Å². The van der Waals surface area contributed by atoms with Crippen molar-refractivity contribution in [3.8, 4) is 0 Å². The Morgan fingerprint density at radius 2 is 1.67 bits per heavy atom. The molecular weight excluding hydrogens is 578 g/mol. The minimum atomic E-state index is -4.28. The minimum Gasteiger partial charge on any atom is -0.467 e. The van der Waals surface area contributed by atoms with E-state index in [1.807, 2.05) is 24.3 Å². The number of esters is 1. The maximum Gasteiger partial charge on any atom is 0.412 e. The van der Waals surface area contributed by atoms with Gasteiger partial charge in [0.1, 0.15) is 17.8 Å². The molecule has 0 radical (unpaired) electrons. The number of sulfonamides is 1. The molecule has 1 fully saturated rings. The van der Waals surface area contributed by atoms with Gasteiger partial charge in [-0.25, -0.2) is 22.3 Å². The third-order valence-corrected chi connectivity index (χ3v) is 10.0. The summed E-state index contributed by atoms with van der Waals surface area (Å²) in [6, 6.07) is 19.4. The summed E-state index contributed by atoms with van der Waals surface area (Å²) >= 11 is 6.78. The molecule has 3 aromatic carbocycles. The molecule has 1 aromatic heterocycles. The summed E-state index contributed by atoms with van der Waals surface area (Å²) < 4.78 is 41.4. The number of carbonyl (C=O) groups is 2. The molecule has 3 heterocycles. The normalized spacial score (nSPS) is 21.7. The number of ether oxygens (including phenoxy) is 2. The van der Waals surface area contributed by atoms with Crippen LogP contribution < -0.4 is 4.31 Å². The SMILES string of the molecule is COC(=O)[C@@H]1C[C@]2(c3c[nH]c4cccc(Cl)c34)c3ccccc3N(S(=O)(=O)c3ccccc3)[C@@H]2N1C(=O)OC(C)(C)C. The van der Waals surface area contributed by atoms with Gasteiger partial charge in [-0.05, 0) is 68.7 Å². The van der Waals surface area contributed by atoms with Gasteiger partial charge in [-0.15, -0.1) is 0 Å². The molecule has 3 atom stereocenters. The van der Waals surface area contributed by atoms with E-state index in [1.54, 1.807) is 63.4 Å². The summed E-state index contributed by atoms with van der Waals surface area (Å²) in [5, 5.41) is 1.12. The summed E-state index contributed by atoms with van der Waals surface area (Å²) in [7, 11) is -3.03. The number of amides is 1. The number of H-pyrrole nitrogens is 1. The molecule has 0 unspecified atom stereocenters. The first kappa shape index (κ1) is 28.1. The number of nitrogens with one attached hydrogen (secondary N) is 1. The number of halogens is 1. The van der Waals surface area contributed by atoms with Crippen molar-refractivity contribution in [2.75, 3.05) is 11.4 Å². The number of rotatable bonds is 4. The first-order chi connectivity index (χ1) is 19.9. The van der Waals surface area contributed by atoms with Crippen LogP contribution in [0.15, 0.2) is 83.9 Å². The molecule has 0 spiro atoms. The van der Waals surface area contributed by atoms with E-state index in [9.17, 15) is 18.0 Å². The number of fused-ring (bicyclic) bond motifs is 4. The van der Waals surface area contributed by atoms with E-state index >= 15 is 0 Å². The molecule has 1 amide bonds. The lowest BCUT2D eigenvalue weighted by molar-refractivity contribution is -0.146. The monoisotopic (exact) mass is 607 g/mol. The standard InChI is InChI=1S/C31H30ClN3O6S/c1-30(2,3)41-29(37)34-25(27(36)40-4)17-31(21-18-33-23-15-10-14-22(32)26(21)23)20-13-8-9-16-24(20)35(28(31)34)42(38,39)19-11-6-5-7-12-19/h5-16,18,25,28,33H,17H2,1-4H3/t25-,28-,31+/m0/s1. The number of hydrogen-bond donors (Lipinski definition) is 1. The van der Waals surface area contributed by atoms with Gasteiger partial charge in [-0.2, -0.15) is 0 Å². The molecule has 4 aromatic rings. The summed E-state index contributed by atoms with van der Waals surface area (Å²) in [6.45, 7) is 5.13. The van der Waals surface area contributed by atoms with Gasteiger partial charge in [-0.3, -0.25) is 4.90 Å². The summed E-state index contributed by atoms with van der Waals surface area (Å²) in [6.07, 6.45) is -0.253. The van der Waals surface area contributed by atoms with Crippen molar-refractivity contribution in [2.24, 2.45) is 0 Å². The largest absolute Gasteiger partial charge is 0.467 e. The molecule has 0 aliphatic carbocycles. The lowest BCUT2D eigenvalue weighted by Crippen LogP contribution is -2.57. The summed E-state index contributed by atoms with van der Waals surface area (Å²) in [4.78, 5) is 32.0. The molecule has 42 heavy (non-hydrogen) atoms. The topological polar surface area (TPSA) is 109 Å². The second kappa shape index (κ2) is 9.78. The molecule has 1 saturated heterocycles. The molecule has 218 valence electrons. The van der Waals surface area contributed by atoms with Crippen molar-refractivity contribution in [2.45, 2.75) is 55.3 Å². The molecule has 11 heteroatoms. The third kappa shape index (κ3) is 4.07. The van der Waals surface area contributed by atoms with Crippen molar-refractivity contribution in [3.05, 3.63) is 95.1 Å². The Morgan fingerprint density at radius 3 is 2.36 bits per heavy atom. The van der Waals surface area contributed by atoms with Crippen LogP contribution in [0.2, 0.25) is 5.02 Å². The van der Waals surface area contributed by atoms with Crippen molar-refractivity contribution in [1.29, 1.82) is 0 Å². The Morgan fingerprint density at radius 1 is 0.976 bits per heavy atom. The molecular formula is C31H30ClN3O6S. The van der Waals surface area contributed by atoms with Gasteiger partial charge in [0.15, 0.2) is 0 Å². The number of methoxy groups -OCH3 is 1. The third-order valence-electron chi connectivity index (χ3n) is 7.91. The van der Waals surface area contributed by atoms with E-state index in [0.717, 1.165) is 5.52 Å². The number of anilines is 1. The van der Waals surface area contributed by atoms with Gasteiger partial charge in [0.25, 0.3) is 10.0 Å². The number of aromatic nitrogens is 1. The molecule has 2 aliphatic heterocycles. The molecule has 2 aliphatic rings.